The lowest BCUT2D eigenvalue weighted by atomic mass is 9.82. The van der Waals surface area contributed by atoms with Crippen LogP contribution in [-0.2, 0) is 16.1 Å². The smallest absolute Gasteiger partial charge is 0.307 e. The predicted octanol–water partition coefficient (Wildman–Crippen LogP) is 2.60. The summed E-state index contributed by atoms with van der Waals surface area (Å²) in [5.74, 6) is -1.48. The number of allylic oxidation sites excluding steroid dienone is 2. The van der Waals surface area contributed by atoms with E-state index >= 15 is 0 Å². The summed E-state index contributed by atoms with van der Waals surface area (Å²) in [7, 11) is 1.58. The molecule has 3 rings (SSSR count). The molecule has 0 aliphatic heterocycles. The lowest BCUT2D eigenvalue weighted by molar-refractivity contribution is -0.147. The number of amides is 1. The van der Waals surface area contributed by atoms with E-state index in [1.54, 1.807) is 7.11 Å². The fourth-order valence-corrected chi connectivity index (χ4v) is 4.11. The Kier molecular flexibility index (Phi) is 4.43. The second-order valence-electron chi connectivity index (χ2n) is 6.01. The number of fused-ring (bicyclic) bond motifs is 2. The van der Waals surface area contributed by atoms with Crippen LogP contribution in [0.4, 0.5) is 0 Å². The van der Waals surface area contributed by atoms with Gasteiger partial charge >= 0.3 is 5.97 Å². The van der Waals surface area contributed by atoms with Crippen molar-refractivity contribution in [1.82, 2.24) is 5.32 Å². The molecule has 0 heterocycles. The minimum Gasteiger partial charge on any atom is -0.496 e. The summed E-state index contributed by atoms with van der Waals surface area (Å²) in [4.78, 5) is 24.0. The van der Waals surface area contributed by atoms with E-state index < -0.39 is 17.8 Å². The van der Waals surface area contributed by atoms with Crippen LogP contribution in [0, 0.1) is 23.7 Å². The molecule has 0 radical (unpaired) electrons. The van der Waals surface area contributed by atoms with Gasteiger partial charge in [-0.15, -0.1) is 0 Å². The number of carboxylic acids is 1. The molecule has 1 amide bonds. The fourth-order valence-electron chi connectivity index (χ4n) is 3.70. The van der Waals surface area contributed by atoms with Crippen molar-refractivity contribution in [2.24, 2.45) is 23.7 Å². The van der Waals surface area contributed by atoms with E-state index in [-0.39, 0.29) is 17.7 Å². The number of carbonyl (C=O) groups excluding carboxylic acids is 1. The van der Waals surface area contributed by atoms with Gasteiger partial charge in [-0.2, -0.15) is 0 Å². The Labute approximate surface area is 142 Å². The minimum absolute atomic E-state index is 0.0198. The van der Waals surface area contributed by atoms with Crippen LogP contribution >= 0.6 is 15.9 Å². The summed E-state index contributed by atoms with van der Waals surface area (Å²) in [6.45, 7) is 0.311. The van der Waals surface area contributed by atoms with Crippen molar-refractivity contribution in [3.05, 3.63) is 40.4 Å². The lowest BCUT2D eigenvalue weighted by Gasteiger charge is -2.24. The Bertz CT molecular complexity index is 673. The van der Waals surface area contributed by atoms with Crippen LogP contribution in [0.15, 0.2) is 34.8 Å². The number of carboxylic acid groups (broad SMARTS) is 1. The Morgan fingerprint density at radius 1 is 1.30 bits per heavy atom. The third kappa shape index (κ3) is 3.00. The molecule has 1 aromatic carbocycles. The first-order valence-corrected chi connectivity index (χ1v) is 8.32. The molecule has 1 saturated carbocycles. The van der Waals surface area contributed by atoms with E-state index in [4.69, 9.17) is 4.74 Å². The zero-order chi connectivity index (χ0) is 16.6. The topological polar surface area (TPSA) is 75.6 Å². The summed E-state index contributed by atoms with van der Waals surface area (Å²) in [6, 6.07) is 5.58. The van der Waals surface area contributed by atoms with E-state index in [1.165, 1.54) is 0 Å². The van der Waals surface area contributed by atoms with Gasteiger partial charge in [-0.1, -0.05) is 28.1 Å². The van der Waals surface area contributed by atoms with Gasteiger partial charge in [0.15, 0.2) is 0 Å². The Hall–Kier alpha value is -1.82. The first kappa shape index (κ1) is 16.1. The molecule has 2 bridgehead atoms. The van der Waals surface area contributed by atoms with Gasteiger partial charge in [0.1, 0.15) is 5.75 Å². The maximum atomic E-state index is 12.5. The number of ether oxygens (including phenoxy) is 1. The monoisotopic (exact) mass is 379 g/mol. The average Bonchev–Trinajstić information content (AvgIpc) is 3.13. The van der Waals surface area contributed by atoms with Crippen molar-refractivity contribution in [2.75, 3.05) is 7.11 Å². The summed E-state index contributed by atoms with van der Waals surface area (Å²) >= 11 is 3.40. The maximum absolute atomic E-state index is 12.5. The van der Waals surface area contributed by atoms with Gasteiger partial charge in [-0.25, -0.2) is 0 Å². The molecule has 122 valence electrons. The third-order valence-electron chi connectivity index (χ3n) is 4.74. The van der Waals surface area contributed by atoms with Crippen molar-refractivity contribution >= 4 is 27.8 Å². The third-order valence-corrected chi connectivity index (χ3v) is 5.24. The molecule has 2 aliphatic rings. The van der Waals surface area contributed by atoms with Crippen molar-refractivity contribution in [1.29, 1.82) is 0 Å². The van der Waals surface area contributed by atoms with Gasteiger partial charge in [0.05, 0.1) is 18.9 Å². The molecule has 4 unspecified atom stereocenters. The van der Waals surface area contributed by atoms with Crippen LogP contribution in [0.25, 0.3) is 0 Å². The molecule has 0 spiro atoms. The van der Waals surface area contributed by atoms with Gasteiger partial charge in [-0.3, -0.25) is 9.59 Å². The highest BCUT2D eigenvalue weighted by molar-refractivity contribution is 9.10. The number of benzene rings is 1. The largest absolute Gasteiger partial charge is 0.496 e. The van der Waals surface area contributed by atoms with E-state index in [0.717, 1.165) is 16.5 Å². The second kappa shape index (κ2) is 6.35. The summed E-state index contributed by atoms with van der Waals surface area (Å²) < 4.78 is 6.19. The number of hydrogen-bond donors (Lipinski definition) is 2. The van der Waals surface area contributed by atoms with Crippen LogP contribution in [0.2, 0.25) is 0 Å². The molecule has 1 fully saturated rings. The number of halogens is 1. The van der Waals surface area contributed by atoms with E-state index in [0.29, 0.717) is 12.3 Å². The standard InChI is InChI=1S/C17H18BrNO4/c1-23-13-5-4-12(18)7-11(13)8-19-16(20)14-9-2-3-10(6-9)15(14)17(21)22/h2-5,7,9-10,14-15H,6,8H2,1H3,(H,19,20)(H,21,22). The van der Waals surface area contributed by atoms with E-state index in [2.05, 4.69) is 21.2 Å². The van der Waals surface area contributed by atoms with E-state index in [1.807, 2.05) is 30.4 Å². The molecule has 6 heteroatoms. The van der Waals surface area contributed by atoms with Crippen LogP contribution in [0.3, 0.4) is 0 Å². The van der Waals surface area contributed by atoms with Crippen LogP contribution in [0.1, 0.15) is 12.0 Å². The highest BCUT2D eigenvalue weighted by Crippen LogP contribution is 2.48. The van der Waals surface area contributed by atoms with Crippen LogP contribution < -0.4 is 10.1 Å². The molecule has 2 N–H and O–H groups in total. The SMILES string of the molecule is COc1ccc(Br)cc1CNC(=O)C1C2C=CC(C2)C1C(=O)O. The normalized spacial score (nSPS) is 27.9. The fraction of sp³-hybridized carbons (Fsp3) is 0.412. The zero-order valence-electron chi connectivity index (χ0n) is 12.7. The Morgan fingerprint density at radius 3 is 2.65 bits per heavy atom. The predicted molar refractivity (Wildman–Crippen MR) is 87.9 cm³/mol. The maximum Gasteiger partial charge on any atom is 0.307 e. The highest BCUT2D eigenvalue weighted by Gasteiger charge is 2.51. The van der Waals surface area contributed by atoms with Crippen molar-refractivity contribution in [3.8, 4) is 5.75 Å². The summed E-state index contributed by atoms with van der Waals surface area (Å²) in [5.41, 5.74) is 0.848. The lowest BCUT2D eigenvalue weighted by Crippen LogP contribution is -2.39. The van der Waals surface area contributed by atoms with Crippen molar-refractivity contribution in [3.63, 3.8) is 0 Å². The van der Waals surface area contributed by atoms with E-state index in [9.17, 15) is 14.7 Å². The first-order valence-electron chi connectivity index (χ1n) is 7.52. The van der Waals surface area contributed by atoms with Crippen molar-refractivity contribution in [2.45, 2.75) is 13.0 Å². The average molecular weight is 380 g/mol. The summed E-state index contributed by atoms with van der Waals surface area (Å²) in [5, 5.41) is 12.3. The number of methoxy groups -OCH3 is 1. The van der Waals surface area contributed by atoms with Gasteiger partial charge < -0.3 is 15.2 Å². The number of carbonyl (C=O) groups is 2. The molecule has 0 aromatic heterocycles. The molecule has 4 atom stereocenters. The van der Waals surface area contributed by atoms with Crippen LogP contribution in [0.5, 0.6) is 5.75 Å². The number of hydrogen-bond acceptors (Lipinski definition) is 3. The molecular formula is C17H18BrNO4. The second-order valence-corrected chi connectivity index (χ2v) is 6.93. The van der Waals surface area contributed by atoms with Gasteiger partial charge in [0.25, 0.3) is 0 Å². The number of aliphatic carboxylic acids is 1. The van der Waals surface area contributed by atoms with Crippen molar-refractivity contribution < 1.29 is 19.4 Å². The Balaban J connectivity index is 1.72. The quantitative estimate of drug-likeness (QED) is 0.770. The number of nitrogens with one attached hydrogen (secondary N) is 1. The van der Waals surface area contributed by atoms with Gasteiger partial charge in [0.2, 0.25) is 5.91 Å². The minimum atomic E-state index is -0.887. The molecule has 23 heavy (non-hydrogen) atoms. The zero-order valence-corrected chi connectivity index (χ0v) is 14.2. The number of rotatable bonds is 5. The van der Waals surface area contributed by atoms with Gasteiger partial charge in [0, 0.05) is 16.6 Å². The molecule has 0 saturated heterocycles. The highest BCUT2D eigenvalue weighted by atomic mass is 79.9. The summed E-state index contributed by atoms with van der Waals surface area (Å²) in [6.07, 6.45) is 4.67. The van der Waals surface area contributed by atoms with Crippen LogP contribution in [-0.4, -0.2) is 24.1 Å². The molecular weight excluding hydrogens is 362 g/mol. The van der Waals surface area contributed by atoms with Gasteiger partial charge in [-0.05, 0) is 36.5 Å². The molecule has 1 aromatic rings. The molecule has 2 aliphatic carbocycles. The first-order chi connectivity index (χ1) is 11.0. The molecule has 5 nitrogen and oxygen atoms in total. The Morgan fingerprint density at radius 2 is 2.00 bits per heavy atom.